The molecular formula is C18H19ClN2O3. The highest BCUT2D eigenvalue weighted by atomic mass is 35.5. The summed E-state index contributed by atoms with van der Waals surface area (Å²) in [6.07, 6.45) is 5.22. The zero-order chi connectivity index (χ0) is 17.3. The van der Waals surface area contributed by atoms with Crippen LogP contribution in [-0.4, -0.2) is 29.2 Å². The number of anilines is 1. The van der Waals surface area contributed by atoms with Gasteiger partial charge in [0.2, 0.25) is 17.7 Å². The van der Waals surface area contributed by atoms with Crippen LogP contribution >= 0.6 is 11.6 Å². The number of fused-ring (bicyclic) bond motifs is 1. The second-order valence-corrected chi connectivity index (χ2v) is 6.68. The van der Waals surface area contributed by atoms with Gasteiger partial charge in [-0.1, -0.05) is 23.8 Å². The van der Waals surface area contributed by atoms with E-state index in [2.05, 4.69) is 5.32 Å². The van der Waals surface area contributed by atoms with Crippen LogP contribution in [0.1, 0.15) is 24.8 Å². The fourth-order valence-corrected chi connectivity index (χ4v) is 3.51. The molecule has 1 fully saturated rings. The number of rotatable bonds is 4. The monoisotopic (exact) mass is 346 g/mol. The van der Waals surface area contributed by atoms with Crippen LogP contribution in [0.3, 0.4) is 0 Å². The molecule has 6 heteroatoms. The van der Waals surface area contributed by atoms with Gasteiger partial charge in [-0.25, -0.2) is 0 Å². The van der Waals surface area contributed by atoms with Gasteiger partial charge in [-0.2, -0.15) is 0 Å². The number of nitrogens with one attached hydrogen (secondary N) is 1. The number of halogens is 1. The number of carbonyl (C=O) groups excluding carboxylic acids is 3. The van der Waals surface area contributed by atoms with E-state index in [1.165, 1.54) is 4.90 Å². The number of imide groups is 1. The Labute approximate surface area is 145 Å². The third-order valence-corrected chi connectivity index (χ3v) is 4.86. The molecule has 2 aliphatic rings. The van der Waals surface area contributed by atoms with Crippen LogP contribution in [0.4, 0.5) is 5.69 Å². The molecule has 1 aromatic rings. The molecule has 1 aliphatic heterocycles. The van der Waals surface area contributed by atoms with E-state index in [9.17, 15) is 14.4 Å². The van der Waals surface area contributed by atoms with Gasteiger partial charge < -0.3 is 5.32 Å². The molecule has 0 unspecified atom stereocenters. The largest absolute Gasteiger partial charge is 0.326 e. The van der Waals surface area contributed by atoms with Gasteiger partial charge in [0.25, 0.3) is 0 Å². The molecule has 0 radical (unpaired) electrons. The lowest BCUT2D eigenvalue weighted by Crippen LogP contribution is -2.34. The van der Waals surface area contributed by atoms with Crippen molar-refractivity contribution in [2.45, 2.75) is 26.2 Å². The van der Waals surface area contributed by atoms with E-state index >= 15 is 0 Å². The molecule has 0 saturated carbocycles. The topological polar surface area (TPSA) is 66.5 Å². The van der Waals surface area contributed by atoms with Gasteiger partial charge in [0.15, 0.2) is 0 Å². The second-order valence-electron chi connectivity index (χ2n) is 6.24. The lowest BCUT2D eigenvalue weighted by Gasteiger charge is -2.15. The minimum atomic E-state index is -0.246. The van der Waals surface area contributed by atoms with Crippen molar-refractivity contribution in [1.82, 2.24) is 4.90 Å². The van der Waals surface area contributed by atoms with Crippen molar-refractivity contribution in [3.63, 3.8) is 0 Å². The number of amides is 3. The average Bonchev–Trinajstić information content (AvgIpc) is 2.80. The summed E-state index contributed by atoms with van der Waals surface area (Å²) >= 11 is 5.89. The Morgan fingerprint density at radius 1 is 1.21 bits per heavy atom. The summed E-state index contributed by atoms with van der Waals surface area (Å²) in [5.41, 5.74) is 1.54. The average molecular weight is 347 g/mol. The van der Waals surface area contributed by atoms with E-state index in [1.54, 1.807) is 18.2 Å². The number of carbonyl (C=O) groups is 3. The molecular weight excluding hydrogens is 328 g/mol. The van der Waals surface area contributed by atoms with E-state index < -0.39 is 0 Å². The number of allylic oxidation sites excluding steroid dienone is 2. The van der Waals surface area contributed by atoms with Crippen LogP contribution < -0.4 is 5.32 Å². The zero-order valence-electron chi connectivity index (χ0n) is 13.4. The number of hydrogen-bond acceptors (Lipinski definition) is 3. The van der Waals surface area contributed by atoms with Gasteiger partial charge in [-0.15, -0.1) is 0 Å². The van der Waals surface area contributed by atoms with Crippen LogP contribution in [0, 0.1) is 18.8 Å². The summed E-state index contributed by atoms with van der Waals surface area (Å²) in [6.45, 7) is 1.98. The Bertz CT molecular complexity index is 703. The highest BCUT2D eigenvalue weighted by Gasteiger charge is 2.46. The van der Waals surface area contributed by atoms with Crippen molar-refractivity contribution in [2.75, 3.05) is 11.9 Å². The van der Waals surface area contributed by atoms with Crippen molar-refractivity contribution < 1.29 is 14.4 Å². The third-order valence-electron chi connectivity index (χ3n) is 4.62. The first-order valence-electron chi connectivity index (χ1n) is 8.03. The maximum absolute atomic E-state index is 12.3. The van der Waals surface area contributed by atoms with Gasteiger partial charge in [0, 0.05) is 23.7 Å². The summed E-state index contributed by atoms with van der Waals surface area (Å²) in [6, 6.07) is 5.21. The SMILES string of the molecule is Cc1cc(Cl)ccc1NC(=O)CCN1C(=O)[C@H]2CC=CC[C@H]2C1=O. The maximum atomic E-state index is 12.3. The van der Waals surface area contributed by atoms with E-state index in [0.717, 1.165) is 5.56 Å². The van der Waals surface area contributed by atoms with Gasteiger partial charge >= 0.3 is 0 Å². The fourth-order valence-electron chi connectivity index (χ4n) is 3.28. The normalized spacial score (nSPS) is 22.7. The van der Waals surface area contributed by atoms with Crippen LogP contribution in [0.5, 0.6) is 0 Å². The van der Waals surface area contributed by atoms with Crippen molar-refractivity contribution in [2.24, 2.45) is 11.8 Å². The molecule has 2 atom stereocenters. The molecule has 1 aromatic carbocycles. The second kappa shape index (κ2) is 6.77. The molecule has 5 nitrogen and oxygen atoms in total. The molecule has 24 heavy (non-hydrogen) atoms. The minimum Gasteiger partial charge on any atom is -0.326 e. The lowest BCUT2D eigenvalue weighted by molar-refractivity contribution is -0.140. The van der Waals surface area contributed by atoms with Crippen LogP contribution in [0.25, 0.3) is 0 Å². The highest BCUT2D eigenvalue weighted by Crippen LogP contribution is 2.35. The Morgan fingerprint density at radius 3 is 2.42 bits per heavy atom. The summed E-state index contributed by atoms with van der Waals surface area (Å²) in [7, 11) is 0. The van der Waals surface area contributed by atoms with E-state index in [4.69, 9.17) is 11.6 Å². The van der Waals surface area contributed by atoms with Gasteiger partial charge in [-0.05, 0) is 43.5 Å². The predicted octanol–water partition coefficient (Wildman–Crippen LogP) is 2.93. The quantitative estimate of drug-likeness (QED) is 0.673. The summed E-state index contributed by atoms with van der Waals surface area (Å²) < 4.78 is 0. The van der Waals surface area contributed by atoms with Crippen LogP contribution in [0.15, 0.2) is 30.4 Å². The Morgan fingerprint density at radius 2 is 1.83 bits per heavy atom. The van der Waals surface area contributed by atoms with E-state index in [1.807, 2.05) is 19.1 Å². The molecule has 0 spiro atoms. The first-order valence-corrected chi connectivity index (χ1v) is 8.41. The van der Waals surface area contributed by atoms with Crippen LogP contribution in [-0.2, 0) is 14.4 Å². The standard InChI is InChI=1S/C18H19ClN2O3/c1-11-10-12(19)6-7-15(11)20-16(22)8-9-21-17(23)13-4-2-3-5-14(13)18(21)24/h2-3,6-7,10,13-14H,4-5,8-9H2,1H3,(H,20,22)/t13-,14+. The Hall–Kier alpha value is -2.14. The van der Waals surface area contributed by atoms with Crippen molar-refractivity contribution >= 4 is 35.0 Å². The number of hydrogen-bond donors (Lipinski definition) is 1. The maximum Gasteiger partial charge on any atom is 0.233 e. The Kier molecular flexibility index (Phi) is 4.71. The van der Waals surface area contributed by atoms with Crippen LogP contribution in [0.2, 0.25) is 5.02 Å². The molecule has 126 valence electrons. The zero-order valence-corrected chi connectivity index (χ0v) is 14.2. The number of aryl methyl sites for hydroxylation is 1. The van der Waals surface area contributed by atoms with Crippen molar-refractivity contribution in [1.29, 1.82) is 0 Å². The van der Waals surface area contributed by atoms with E-state index in [0.29, 0.717) is 23.6 Å². The van der Waals surface area contributed by atoms with Crippen molar-refractivity contribution in [3.8, 4) is 0 Å². The predicted molar refractivity (Wildman–Crippen MR) is 91.5 cm³/mol. The van der Waals surface area contributed by atoms with Crippen molar-refractivity contribution in [3.05, 3.63) is 40.9 Å². The molecule has 3 rings (SSSR count). The number of likely N-dealkylation sites (tertiary alicyclic amines) is 1. The first-order chi connectivity index (χ1) is 11.5. The summed E-state index contributed by atoms with van der Waals surface area (Å²) in [4.78, 5) is 38.0. The number of benzene rings is 1. The Balaban J connectivity index is 1.58. The first kappa shape index (κ1) is 16.7. The smallest absolute Gasteiger partial charge is 0.233 e. The molecule has 1 N–H and O–H groups in total. The third kappa shape index (κ3) is 3.22. The highest BCUT2D eigenvalue weighted by molar-refractivity contribution is 6.30. The van der Waals surface area contributed by atoms with E-state index in [-0.39, 0.29) is 42.5 Å². The summed E-state index contributed by atoms with van der Waals surface area (Å²) in [5.74, 6) is -1.02. The molecule has 1 heterocycles. The minimum absolute atomic E-state index is 0.0897. The molecule has 1 saturated heterocycles. The molecule has 0 bridgehead atoms. The summed E-state index contributed by atoms with van der Waals surface area (Å²) in [5, 5.41) is 3.40. The lowest BCUT2D eigenvalue weighted by atomic mass is 9.85. The fraction of sp³-hybridized carbons (Fsp3) is 0.389. The van der Waals surface area contributed by atoms with Gasteiger partial charge in [0.1, 0.15) is 0 Å². The molecule has 3 amide bonds. The van der Waals surface area contributed by atoms with Gasteiger partial charge in [-0.3, -0.25) is 19.3 Å². The number of nitrogens with zero attached hydrogens (tertiary/aromatic N) is 1. The molecule has 1 aliphatic carbocycles. The van der Waals surface area contributed by atoms with Gasteiger partial charge in [0.05, 0.1) is 11.8 Å². The molecule has 0 aromatic heterocycles.